The molecule has 0 aliphatic carbocycles. The van der Waals surface area contributed by atoms with E-state index in [4.69, 9.17) is 9.94 Å². The Labute approximate surface area is 114 Å². The minimum absolute atomic E-state index is 0.671. The van der Waals surface area contributed by atoms with Crippen molar-refractivity contribution in [2.24, 2.45) is 5.16 Å². The van der Waals surface area contributed by atoms with E-state index in [2.05, 4.69) is 10.1 Å². The quantitative estimate of drug-likeness (QED) is 0.487. The van der Waals surface area contributed by atoms with Crippen LogP contribution in [0.15, 0.2) is 29.4 Å². The van der Waals surface area contributed by atoms with Crippen LogP contribution in [0.1, 0.15) is 25.3 Å². The average Bonchev–Trinajstić information content (AvgIpc) is 2.94. The lowest BCUT2D eigenvalue weighted by Crippen LogP contribution is -2.25. The summed E-state index contributed by atoms with van der Waals surface area (Å²) < 4.78 is 5.73. The molecular formula is C15H22N2O2. The SMILES string of the molecule is C/C(Cc1ccc(OCCN2CCCC2)cc1)=N/O. The van der Waals surface area contributed by atoms with Crippen LogP contribution in [-0.4, -0.2) is 42.1 Å². The molecule has 1 aromatic rings. The molecule has 0 spiro atoms. The minimum atomic E-state index is 0.671. The first-order valence-corrected chi connectivity index (χ1v) is 6.89. The Balaban J connectivity index is 1.75. The molecule has 1 aliphatic rings. The Morgan fingerprint density at radius 1 is 1.26 bits per heavy atom. The molecule has 0 atom stereocenters. The van der Waals surface area contributed by atoms with Gasteiger partial charge in [0.25, 0.3) is 0 Å². The van der Waals surface area contributed by atoms with Crippen LogP contribution in [0.3, 0.4) is 0 Å². The zero-order valence-electron chi connectivity index (χ0n) is 11.5. The van der Waals surface area contributed by atoms with Gasteiger partial charge in [0, 0.05) is 13.0 Å². The Kier molecular flexibility index (Phi) is 5.21. The summed E-state index contributed by atoms with van der Waals surface area (Å²) in [6.45, 7) is 5.99. The highest BCUT2D eigenvalue weighted by Crippen LogP contribution is 2.13. The summed E-state index contributed by atoms with van der Waals surface area (Å²) in [6, 6.07) is 7.98. The number of oxime groups is 1. The summed E-state index contributed by atoms with van der Waals surface area (Å²) in [7, 11) is 0. The second-order valence-electron chi connectivity index (χ2n) is 5.05. The molecule has 104 valence electrons. The van der Waals surface area contributed by atoms with Gasteiger partial charge >= 0.3 is 0 Å². The monoisotopic (exact) mass is 262 g/mol. The van der Waals surface area contributed by atoms with Crippen LogP contribution < -0.4 is 4.74 Å². The van der Waals surface area contributed by atoms with Gasteiger partial charge in [0.1, 0.15) is 12.4 Å². The lowest BCUT2D eigenvalue weighted by molar-refractivity contribution is 0.238. The summed E-state index contributed by atoms with van der Waals surface area (Å²) in [5, 5.41) is 11.8. The van der Waals surface area contributed by atoms with Crippen LogP contribution in [0, 0.1) is 0 Å². The average molecular weight is 262 g/mol. The smallest absolute Gasteiger partial charge is 0.119 e. The first-order valence-electron chi connectivity index (χ1n) is 6.89. The minimum Gasteiger partial charge on any atom is -0.492 e. The maximum Gasteiger partial charge on any atom is 0.119 e. The Hall–Kier alpha value is -1.55. The van der Waals surface area contributed by atoms with Gasteiger partial charge in [0.2, 0.25) is 0 Å². The van der Waals surface area contributed by atoms with Crippen LogP contribution in [0.2, 0.25) is 0 Å². The summed E-state index contributed by atoms with van der Waals surface area (Å²) in [6.07, 6.45) is 3.31. The van der Waals surface area contributed by atoms with Gasteiger partial charge in [0.05, 0.1) is 5.71 Å². The van der Waals surface area contributed by atoms with Crippen molar-refractivity contribution in [2.75, 3.05) is 26.2 Å². The highest BCUT2D eigenvalue weighted by Gasteiger charge is 2.10. The third-order valence-corrected chi connectivity index (χ3v) is 3.43. The van der Waals surface area contributed by atoms with E-state index in [1.807, 2.05) is 24.3 Å². The van der Waals surface area contributed by atoms with Gasteiger partial charge in [-0.25, -0.2) is 0 Å². The van der Waals surface area contributed by atoms with Crippen molar-refractivity contribution in [1.29, 1.82) is 0 Å². The molecule has 4 heteroatoms. The molecule has 1 N–H and O–H groups in total. The van der Waals surface area contributed by atoms with Gasteiger partial charge in [-0.05, 0) is 50.6 Å². The van der Waals surface area contributed by atoms with Crippen molar-refractivity contribution in [3.05, 3.63) is 29.8 Å². The third kappa shape index (κ3) is 4.56. The number of hydrogen-bond acceptors (Lipinski definition) is 4. The zero-order valence-corrected chi connectivity index (χ0v) is 11.5. The van der Waals surface area contributed by atoms with E-state index in [1.54, 1.807) is 6.92 Å². The van der Waals surface area contributed by atoms with Crippen molar-refractivity contribution in [3.63, 3.8) is 0 Å². The van der Waals surface area contributed by atoms with E-state index in [0.29, 0.717) is 12.1 Å². The lowest BCUT2D eigenvalue weighted by atomic mass is 10.1. The molecule has 4 nitrogen and oxygen atoms in total. The molecule has 1 aliphatic heterocycles. The standard InChI is InChI=1S/C15H22N2O2/c1-13(16-18)12-14-4-6-15(7-5-14)19-11-10-17-8-2-3-9-17/h4-7,18H,2-3,8-12H2,1H3/b16-13-. The number of nitrogens with zero attached hydrogens (tertiary/aromatic N) is 2. The van der Waals surface area contributed by atoms with Crippen molar-refractivity contribution in [3.8, 4) is 5.75 Å². The highest BCUT2D eigenvalue weighted by molar-refractivity contribution is 5.83. The molecule has 0 radical (unpaired) electrons. The third-order valence-electron chi connectivity index (χ3n) is 3.43. The molecule has 1 heterocycles. The molecule has 0 unspecified atom stereocenters. The number of ether oxygens (including phenoxy) is 1. The van der Waals surface area contributed by atoms with Crippen LogP contribution in [0.5, 0.6) is 5.75 Å². The number of benzene rings is 1. The van der Waals surface area contributed by atoms with Crippen LogP contribution >= 0.6 is 0 Å². The molecule has 19 heavy (non-hydrogen) atoms. The molecular weight excluding hydrogens is 240 g/mol. The molecule has 2 rings (SSSR count). The zero-order chi connectivity index (χ0) is 13.5. The molecule has 0 aromatic heterocycles. The van der Waals surface area contributed by atoms with E-state index in [1.165, 1.54) is 25.9 Å². The number of rotatable bonds is 6. The molecule has 0 amide bonds. The predicted molar refractivity (Wildman–Crippen MR) is 76.2 cm³/mol. The normalized spacial score (nSPS) is 16.8. The van der Waals surface area contributed by atoms with Crippen LogP contribution in [-0.2, 0) is 6.42 Å². The fourth-order valence-electron chi connectivity index (χ4n) is 2.33. The summed E-state index contributed by atoms with van der Waals surface area (Å²) in [5.74, 6) is 0.904. The van der Waals surface area contributed by atoms with Gasteiger partial charge < -0.3 is 9.94 Å². The molecule has 0 saturated carbocycles. The first-order chi connectivity index (χ1) is 9.28. The van der Waals surface area contributed by atoms with E-state index < -0.39 is 0 Å². The van der Waals surface area contributed by atoms with Crippen molar-refractivity contribution in [2.45, 2.75) is 26.2 Å². The van der Waals surface area contributed by atoms with Gasteiger partial charge in [-0.3, -0.25) is 4.90 Å². The molecule has 0 bridgehead atoms. The summed E-state index contributed by atoms with van der Waals surface area (Å²) >= 11 is 0. The summed E-state index contributed by atoms with van der Waals surface area (Å²) in [4.78, 5) is 2.44. The van der Waals surface area contributed by atoms with Crippen LogP contribution in [0.25, 0.3) is 0 Å². The fraction of sp³-hybridized carbons (Fsp3) is 0.533. The number of likely N-dealkylation sites (tertiary alicyclic amines) is 1. The van der Waals surface area contributed by atoms with Gasteiger partial charge in [0.15, 0.2) is 0 Å². The van der Waals surface area contributed by atoms with E-state index in [0.717, 1.165) is 24.5 Å². The van der Waals surface area contributed by atoms with Gasteiger partial charge in [-0.15, -0.1) is 0 Å². The fourth-order valence-corrected chi connectivity index (χ4v) is 2.33. The van der Waals surface area contributed by atoms with E-state index in [-0.39, 0.29) is 0 Å². The Morgan fingerprint density at radius 2 is 1.95 bits per heavy atom. The topological polar surface area (TPSA) is 45.1 Å². The van der Waals surface area contributed by atoms with Gasteiger partial charge in [-0.2, -0.15) is 0 Å². The van der Waals surface area contributed by atoms with Crippen LogP contribution in [0.4, 0.5) is 0 Å². The Morgan fingerprint density at radius 3 is 2.58 bits per heavy atom. The van der Waals surface area contributed by atoms with E-state index in [9.17, 15) is 0 Å². The second kappa shape index (κ2) is 7.14. The maximum absolute atomic E-state index is 8.63. The first kappa shape index (κ1) is 13.9. The summed E-state index contributed by atoms with van der Waals surface area (Å²) in [5.41, 5.74) is 1.84. The van der Waals surface area contributed by atoms with Crippen molar-refractivity contribution in [1.82, 2.24) is 4.90 Å². The predicted octanol–water partition coefficient (Wildman–Crippen LogP) is 2.55. The maximum atomic E-state index is 8.63. The Bertz CT molecular complexity index is 409. The van der Waals surface area contributed by atoms with E-state index >= 15 is 0 Å². The van der Waals surface area contributed by atoms with Crippen molar-refractivity contribution >= 4 is 5.71 Å². The molecule has 1 aromatic carbocycles. The van der Waals surface area contributed by atoms with Gasteiger partial charge in [-0.1, -0.05) is 17.3 Å². The number of hydrogen-bond donors (Lipinski definition) is 1. The van der Waals surface area contributed by atoms with Crippen molar-refractivity contribution < 1.29 is 9.94 Å². The molecule has 1 fully saturated rings. The molecule has 1 saturated heterocycles. The highest BCUT2D eigenvalue weighted by atomic mass is 16.5. The lowest BCUT2D eigenvalue weighted by Gasteiger charge is -2.15. The second-order valence-corrected chi connectivity index (χ2v) is 5.05. The largest absolute Gasteiger partial charge is 0.492 e.